The molecule has 0 saturated heterocycles. The van der Waals surface area contributed by atoms with Crippen molar-refractivity contribution in [1.82, 2.24) is 15.0 Å². The van der Waals surface area contributed by atoms with Crippen molar-refractivity contribution < 1.29 is 19.1 Å². The third-order valence-electron chi connectivity index (χ3n) is 3.98. The van der Waals surface area contributed by atoms with Gasteiger partial charge in [-0.2, -0.15) is 5.26 Å². The molecule has 10 heteroatoms. The van der Waals surface area contributed by atoms with Crippen molar-refractivity contribution in [1.29, 1.82) is 5.26 Å². The van der Waals surface area contributed by atoms with Crippen molar-refractivity contribution in [3.8, 4) is 6.07 Å². The van der Waals surface area contributed by atoms with Crippen LogP contribution < -0.4 is 10.8 Å². The number of aromatic nitrogens is 2. The highest BCUT2D eigenvalue weighted by molar-refractivity contribution is 14.1. The third kappa shape index (κ3) is 3.77. The summed E-state index contributed by atoms with van der Waals surface area (Å²) < 4.78 is 16.6. The van der Waals surface area contributed by atoms with Crippen molar-refractivity contribution in [3.05, 3.63) is 51.2 Å². The van der Waals surface area contributed by atoms with Gasteiger partial charge in [0.15, 0.2) is 0 Å². The fourth-order valence-electron chi connectivity index (χ4n) is 2.82. The zero-order valence-corrected chi connectivity index (χ0v) is 16.8. The molecule has 3 rings (SSSR count). The first-order chi connectivity index (χ1) is 13.5. The van der Waals surface area contributed by atoms with Gasteiger partial charge in [-0.1, -0.05) is 0 Å². The SMILES string of the molecule is Cn1c(C(=O)NOCCO)c(Nc2ccc(I)cc2F)c2cncc(C#N)c21. The number of anilines is 2. The number of hydroxylamine groups is 1. The van der Waals surface area contributed by atoms with Crippen LogP contribution in [0.25, 0.3) is 10.9 Å². The van der Waals surface area contributed by atoms with Crippen molar-refractivity contribution in [2.45, 2.75) is 0 Å². The first kappa shape index (κ1) is 20.0. The van der Waals surface area contributed by atoms with Gasteiger partial charge in [-0.25, -0.2) is 9.87 Å². The topological polar surface area (TPSA) is 112 Å². The molecule has 0 aliphatic carbocycles. The van der Waals surface area contributed by atoms with Gasteiger partial charge < -0.3 is 15.0 Å². The fraction of sp³-hybridized carbons (Fsp3) is 0.167. The van der Waals surface area contributed by atoms with Crippen molar-refractivity contribution in [2.24, 2.45) is 7.05 Å². The molecule has 0 fully saturated rings. The molecule has 1 amide bonds. The molecule has 8 nitrogen and oxygen atoms in total. The van der Waals surface area contributed by atoms with E-state index < -0.39 is 11.7 Å². The Balaban J connectivity index is 2.17. The molecule has 1 aromatic carbocycles. The number of nitrogens with one attached hydrogen (secondary N) is 2. The molecule has 0 aliphatic heterocycles. The van der Waals surface area contributed by atoms with E-state index in [0.29, 0.717) is 10.9 Å². The molecule has 0 saturated carbocycles. The fourth-order valence-corrected chi connectivity index (χ4v) is 3.27. The largest absolute Gasteiger partial charge is 0.394 e. The lowest BCUT2D eigenvalue weighted by molar-refractivity contribution is 0.0163. The van der Waals surface area contributed by atoms with Crippen molar-refractivity contribution >= 4 is 50.8 Å². The summed E-state index contributed by atoms with van der Waals surface area (Å²) in [6, 6.07) is 6.68. The van der Waals surface area contributed by atoms with E-state index in [1.54, 1.807) is 19.2 Å². The van der Waals surface area contributed by atoms with Gasteiger partial charge in [0.05, 0.1) is 35.7 Å². The third-order valence-corrected chi connectivity index (χ3v) is 4.65. The van der Waals surface area contributed by atoms with E-state index in [1.807, 2.05) is 28.7 Å². The molecule has 2 aromatic heterocycles. The molecular weight excluding hydrogens is 480 g/mol. The molecule has 28 heavy (non-hydrogen) atoms. The molecular formula is C18H15FIN5O3. The van der Waals surface area contributed by atoms with E-state index >= 15 is 0 Å². The van der Waals surface area contributed by atoms with Crippen LogP contribution in [-0.4, -0.2) is 33.8 Å². The van der Waals surface area contributed by atoms with Crippen LogP contribution in [0.5, 0.6) is 0 Å². The van der Waals surface area contributed by atoms with E-state index in [0.717, 1.165) is 3.57 Å². The number of aliphatic hydroxyl groups is 1. The van der Waals surface area contributed by atoms with Gasteiger partial charge in [-0.3, -0.25) is 14.6 Å². The normalized spacial score (nSPS) is 10.7. The Kier molecular flexibility index (Phi) is 6.08. The molecule has 144 valence electrons. The maximum absolute atomic E-state index is 14.4. The van der Waals surface area contributed by atoms with E-state index in [9.17, 15) is 14.4 Å². The van der Waals surface area contributed by atoms with Gasteiger partial charge in [0.1, 0.15) is 17.6 Å². The smallest absolute Gasteiger partial charge is 0.293 e. The Morgan fingerprint density at radius 3 is 2.93 bits per heavy atom. The number of carbonyl (C=O) groups is 1. The first-order valence-electron chi connectivity index (χ1n) is 8.09. The summed E-state index contributed by atoms with van der Waals surface area (Å²) in [4.78, 5) is 21.6. The Bertz CT molecular complexity index is 1090. The predicted octanol–water partition coefficient (Wildman–Crippen LogP) is 2.59. The highest BCUT2D eigenvalue weighted by atomic mass is 127. The highest BCUT2D eigenvalue weighted by Crippen LogP contribution is 2.34. The average Bonchev–Trinajstić information content (AvgIpc) is 2.96. The van der Waals surface area contributed by atoms with Crippen LogP contribution in [0.1, 0.15) is 16.1 Å². The number of nitrogens with zero attached hydrogens (tertiary/aromatic N) is 3. The van der Waals surface area contributed by atoms with Gasteiger partial charge in [-0.05, 0) is 40.8 Å². The van der Waals surface area contributed by atoms with Crippen molar-refractivity contribution in [2.75, 3.05) is 18.5 Å². The number of pyridine rings is 1. The minimum Gasteiger partial charge on any atom is -0.394 e. The Labute approximate surface area is 173 Å². The highest BCUT2D eigenvalue weighted by Gasteiger charge is 2.24. The van der Waals surface area contributed by atoms with Gasteiger partial charge in [0.2, 0.25) is 0 Å². The Morgan fingerprint density at radius 1 is 1.46 bits per heavy atom. The molecule has 2 heterocycles. The van der Waals surface area contributed by atoms with E-state index in [1.165, 1.54) is 23.0 Å². The van der Waals surface area contributed by atoms with Crippen LogP contribution in [0.3, 0.4) is 0 Å². The maximum atomic E-state index is 14.4. The lowest BCUT2D eigenvalue weighted by Gasteiger charge is -2.11. The summed E-state index contributed by atoms with van der Waals surface area (Å²) in [5, 5.41) is 21.6. The van der Waals surface area contributed by atoms with E-state index in [4.69, 9.17) is 9.94 Å². The number of amides is 1. The summed E-state index contributed by atoms with van der Waals surface area (Å²) in [6.07, 6.45) is 2.88. The van der Waals surface area contributed by atoms with Crippen LogP contribution in [0.2, 0.25) is 0 Å². The second-order valence-corrected chi connectivity index (χ2v) is 6.98. The molecule has 0 unspecified atom stereocenters. The Hall–Kier alpha value is -2.75. The second kappa shape index (κ2) is 8.51. The lowest BCUT2D eigenvalue weighted by Crippen LogP contribution is -2.27. The molecule has 3 N–H and O–H groups in total. The number of carbonyl (C=O) groups excluding carboxylic acids is 1. The molecule has 3 aromatic rings. The second-order valence-electron chi connectivity index (χ2n) is 5.73. The van der Waals surface area contributed by atoms with Crippen LogP contribution >= 0.6 is 22.6 Å². The van der Waals surface area contributed by atoms with Crippen molar-refractivity contribution in [3.63, 3.8) is 0 Å². The average molecular weight is 495 g/mol. The lowest BCUT2D eigenvalue weighted by atomic mass is 10.2. The number of halogens is 2. The molecule has 0 bridgehead atoms. The molecule has 0 spiro atoms. The number of benzene rings is 1. The first-order valence-corrected chi connectivity index (χ1v) is 9.17. The number of aryl methyl sites for hydroxylation is 1. The van der Waals surface area contributed by atoms with Gasteiger partial charge in [-0.15, -0.1) is 0 Å². The van der Waals surface area contributed by atoms with E-state index in [-0.39, 0.29) is 35.8 Å². The minimum atomic E-state index is -0.621. The molecule has 0 radical (unpaired) electrons. The number of fused-ring (bicyclic) bond motifs is 1. The quantitative estimate of drug-likeness (QED) is 0.276. The van der Waals surface area contributed by atoms with Crippen LogP contribution in [0.4, 0.5) is 15.8 Å². The monoisotopic (exact) mass is 495 g/mol. The minimum absolute atomic E-state index is 0.0881. The van der Waals surface area contributed by atoms with E-state index in [2.05, 4.69) is 15.8 Å². The van der Waals surface area contributed by atoms with Crippen LogP contribution in [0.15, 0.2) is 30.6 Å². The maximum Gasteiger partial charge on any atom is 0.293 e. The summed E-state index contributed by atoms with van der Waals surface area (Å²) >= 11 is 2.00. The summed E-state index contributed by atoms with van der Waals surface area (Å²) in [7, 11) is 1.61. The zero-order valence-electron chi connectivity index (χ0n) is 14.7. The standard InChI is InChI=1S/C18H15FIN5O3/c1-25-16-10(7-21)8-22-9-12(16)15(17(25)18(27)24-28-5-4-26)23-14-3-2-11(20)6-13(14)19/h2-3,6,8-9,23,26H,4-5H2,1H3,(H,24,27). The van der Waals surface area contributed by atoms with Gasteiger partial charge >= 0.3 is 0 Å². The van der Waals surface area contributed by atoms with Crippen LogP contribution in [0, 0.1) is 20.7 Å². The number of aliphatic hydroxyl groups excluding tert-OH is 1. The summed E-state index contributed by atoms with van der Waals surface area (Å²) in [6.45, 7) is -0.355. The zero-order chi connectivity index (χ0) is 20.3. The molecule has 0 aliphatic rings. The number of hydrogen-bond donors (Lipinski definition) is 3. The molecule has 0 atom stereocenters. The Morgan fingerprint density at radius 2 is 2.25 bits per heavy atom. The van der Waals surface area contributed by atoms with Gasteiger partial charge in [0.25, 0.3) is 5.91 Å². The van der Waals surface area contributed by atoms with Crippen LogP contribution in [-0.2, 0) is 11.9 Å². The summed E-state index contributed by atoms with van der Waals surface area (Å²) in [5.74, 6) is -1.11. The number of rotatable bonds is 6. The van der Waals surface area contributed by atoms with Gasteiger partial charge in [0, 0.05) is 28.4 Å². The number of hydrogen-bond acceptors (Lipinski definition) is 6. The summed E-state index contributed by atoms with van der Waals surface area (Å²) in [5.41, 5.74) is 3.54. The predicted molar refractivity (Wildman–Crippen MR) is 108 cm³/mol. The number of nitriles is 1.